The van der Waals surface area contributed by atoms with E-state index in [1.165, 1.54) is 19.5 Å². The number of methoxy groups -OCH3 is 1. The Morgan fingerprint density at radius 3 is 2.79 bits per heavy atom. The van der Waals surface area contributed by atoms with Crippen molar-refractivity contribution in [2.24, 2.45) is 5.41 Å². The highest BCUT2D eigenvalue weighted by molar-refractivity contribution is 5.87. The quantitative estimate of drug-likeness (QED) is 0.798. The average molecular weight is 265 g/mol. The maximum absolute atomic E-state index is 11.4. The molecule has 0 saturated carbocycles. The maximum atomic E-state index is 11.4. The molecule has 2 rings (SSSR count). The molecule has 0 radical (unpaired) electrons. The van der Waals surface area contributed by atoms with Crippen LogP contribution in [0.4, 0.5) is 5.82 Å². The SMILES string of the molecule is COC(=O)c1cncc(N2CCC(C)(C(=O)O)C2)n1. The normalized spacial score (nSPS) is 22.3. The Bertz CT molecular complexity index is 519. The van der Waals surface area contributed by atoms with Gasteiger partial charge >= 0.3 is 11.9 Å². The molecule has 0 bridgehead atoms. The number of hydrogen-bond acceptors (Lipinski definition) is 6. The minimum absolute atomic E-state index is 0.115. The van der Waals surface area contributed by atoms with Crippen molar-refractivity contribution in [3.8, 4) is 0 Å². The van der Waals surface area contributed by atoms with Crippen LogP contribution in [0.2, 0.25) is 0 Å². The molecule has 1 aliphatic rings. The molecule has 0 amide bonds. The fraction of sp³-hybridized carbons (Fsp3) is 0.500. The third-order valence-corrected chi connectivity index (χ3v) is 3.33. The largest absolute Gasteiger partial charge is 0.481 e. The van der Waals surface area contributed by atoms with Gasteiger partial charge in [-0.3, -0.25) is 9.78 Å². The van der Waals surface area contributed by atoms with Crippen LogP contribution in [0.15, 0.2) is 12.4 Å². The zero-order valence-electron chi connectivity index (χ0n) is 10.8. The molecular formula is C12H15N3O4. The molecule has 1 saturated heterocycles. The van der Waals surface area contributed by atoms with Crippen molar-refractivity contribution >= 4 is 17.8 Å². The smallest absolute Gasteiger partial charge is 0.358 e. The number of anilines is 1. The van der Waals surface area contributed by atoms with Gasteiger partial charge in [-0.25, -0.2) is 9.78 Å². The van der Waals surface area contributed by atoms with Crippen LogP contribution in [0.25, 0.3) is 0 Å². The lowest BCUT2D eigenvalue weighted by Gasteiger charge is -2.20. The summed E-state index contributed by atoms with van der Waals surface area (Å²) in [6.07, 6.45) is 3.37. The van der Waals surface area contributed by atoms with E-state index in [-0.39, 0.29) is 5.69 Å². The van der Waals surface area contributed by atoms with Gasteiger partial charge in [0.05, 0.1) is 24.9 Å². The monoisotopic (exact) mass is 265 g/mol. The summed E-state index contributed by atoms with van der Waals surface area (Å²) in [6, 6.07) is 0. The minimum atomic E-state index is -0.827. The number of ether oxygens (including phenoxy) is 1. The Balaban J connectivity index is 2.20. The third-order valence-electron chi connectivity index (χ3n) is 3.33. The van der Waals surface area contributed by atoms with Crippen LogP contribution < -0.4 is 4.90 Å². The van der Waals surface area contributed by atoms with Gasteiger partial charge in [-0.15, -0.1) is 0 Å². The predicted molar refractivity (Wildman–Crippen MR) is 65.9 cm³/mol. The first-order valence-corrected chi connectivity index (χ1v) is 5.85. The molecule has 0 aromatic carbocycles. The van der Waals surface area contributed by atoms with Crippen molar-refractivity contribution in [1.29, 1.82) is 0 Å². The van der Waals surface area contributed by atoms with Crippen LogP contribution in [-0.2, 0) is 9.53 Å². The van der Waals surface area contributed by atoms with Gasteiger partial charge in [0.25, 0.3) is 0 Å². The number of aliphatic carboxylic acids is 1. The summed E-state index contributed by atoms with van der Waals surface area (Å²) in [4.78, 5) is 32.5. The van der Waals surface area contributed by atoms with Gasteiger partial charge in [-0.1, -0.05) is 0 Å². The number of hydrogen-bond donors (Lipinski definition) is 1. The van der Waals surface area contributed by atoms with Gasteiger partial charge in [-0.05, 0) is 13.3 Å². The molecule has 1 fully saturated rings. The standard InChI is InChI=1S/C12H15N3O4/c1-12(11(17)18)3-4-15(7-12)9-6-13-5-8(14-9)10(16)19-2/h5-6H,3-4,7H2,1-2H3,(H,17,18). The molecule has 0 spiro atoms. The average Bonchev–Trinajstić information content (AvgIpc) is 2.82. The van der Waals surface area contributed by atoms with Crippen molar-refractivity contribution in [2.45, 2.75) is 13.3 Å². The number of carboxylic acid groups (broad SMARTS) is 1. The summed E-state index contributed by atoms with van der Waals surface area (Å²) in [5.74, 6) is -0.894. The van der Waals surface area contributed by atoms with Crippen molar-refractivity contribution in [1.82, 2.24) is 9.97 Å². The molecule has 1 N–H and O–H groups in total. The van der Waals surface area contributed by atoms with Crippen molar-refractivity contribution in [3.63, 3.8) is 0 Å². The first kappa shape index (κ1) is 13.3. The molecule has 102 valence electrons. The highest BCUT2D eigenvalue weighted by atomic mass is 16.5. The van der Waals surface area contributed by atoms with Crippen LogP contribution >= 0.6 is 0 Å². The highest BCUT2D eigenvalue weighted by Gasteiger charge is 2.41. The van der Waals surface area contributed by atoms with Crippen molar-refractivity contribution in [2.75, 3.05) is 25.1 Å². The number of esters is 1. The molecule has 7 nitrogen and oxygen atoms in total. The summed E-state index contributed by atoms with van der Waals surface area (Å²) in [5, 5.41) is 9.18. The van der Waals surface area contributed by atoms with E-state index in [2.05, 4.69) is 14.7 Å². The molecule has 0 aliphatic carbocycles. The summed E-state index contributed by atoms with van der Waals surface area (Å²) < 4.78 is 4.58. The van der Waals surface area contributed by atoms with E-state index in [4.69, 9.17) is 0 Å². The first-order chi connectivity index (χ1) is 8.96. The van der Waals surface area contributed by atoms with Crippen LogP contribution in [0.1, 0.15) is 23.8 Å². The Morgan fingerprint density at radius 1 is 1.47 bits per heavy atom. The maximum Gasteiger partial charge on any atom is 0.358 e. The Kier molecular flexibility index (Phi) is 3.37. The van der Waals surface area contributed by atoms with Crippen LogP contribution in [-0.4, -0.2) is 47.2 Å². The second-order valence-corrected chi connectivity index (χ2v) is 4.79. The predicted octanol–water partition coefficient (Wildman–Crippen LogP) is 0.564. The molecule has 1 aromatic heterocycles. The Labute approximate surface area is 110 Å². The second kappa shape index (κ2) is 4.83. The molecule has 7 heteroatoms. The fourth-order valence-electron chi connectivity index (χ4n) is 2.04. The fourth-order valence-corrected chi connectivity index (χ4v) is 2.04. The van der Waals surface area contributed by atoms with Crippen molar-refractivity contribution in [3.05, 3.63) is 18.1 Å². The second-order valence-electron chi connectivity index (χ2n) is 4.79. The van der Waals surface area contributed by atoms with E-state index < -0.39 is 17.4 Å². The number of carbonyl (C=O) groups excluding carboxylic acids is 1. The minimum Gasteiger partial charge on any atom is -0.481 e. The topological polar surface area (TPSA) is 92.6 Å². The van der Waals surface area contributed by atoms with Gasteiger partial charge in [-0.2, -0.15) is 0 Å². The van der Waals surface area contributed by atoms with Crippen molar-refractivity contribution < 1.29 is 19.4 Å². The van der Waals surface area contributed by atoms with E-state index >= 15 is 0 Å². The molecule has 2 heterocycles. The first-order valence-electron chi connectivity index (χ1n) is 5.85. The van der Waals surface area contributed by atoms with E-state index in [9.17, 15) is 14.7 Å². The van der Waals surface area contributed by atoms with E-state index in [0.29, 0.717) is 25.3 Å². The van der Waals surface area contributed by atoms with Gasteiger partial charge in [0.1, 0.15) is 5.82 Å². The van der Waals surface area contributed by atoms with Crippen LogP contribution in [0, 0.1) is 5.41 Å². The number of carbonyl (C=O) groups is 2. The molecular weight excluding hydrogens is 250 g/mol. The lowest BCUT2D eigenvalue weighted by atomic mass is 9.90. The Hall–Kier alpha value is -2.18. The molecule has 1 aromatic rings. The summed E-state index contributed by atoms with van der Waals surface area (Å²) in [7, 11) is 1.27. The van der Waals surface area contributed by atoms with Crippen LogP contribution in [0.3, 0.4) is 0 Å². The van der Waals surface area contributed by atoms with Gasteiger partial charge in [0, 0.05) is 13.1 Å². The zero-order chi connectivity index (χ0) is 14.0. The molecule has 19 heavy (non-hydrogen) atoms. The number of aromatic nitrogens is 2. The van der Waals surface area contributed by atoms with Crippen LogP contribution in [0.5, 0.6) is 0 Å². The van der Waals surface area contributed by atoms with E-state index in [1.54, 1.807) is 6.92 Å². The molecule has 1 atom stereocenters. The van der Waals surface area contributed by atoms with Gasteiger partial charge < -0.3 is 14.7 Å². The summed E-state index contributed by atoms with van der Waals surface area (Å²) >= 11 is 0. The summed E-state index contributed by atoms with van der Waals surface area (Å²) in [6.45, 7) is 2.62. The lowest BCUT2D eigenvalue weighted by Crippen LogP contribution is -2.32. The number of nitrogens with zero attached hydrogens (tertiary/aromatic N) is 3. The van der Waals surface area contributed by atoms with E-state index in [0.717, 1.165) is 0 Å². The highest BCUT2D eigenvalue weighted by Crippen LogP contribution is 2.32. The van der Waals surface area contributed by atoms with Gasteiger partial charge in [0.2, 0.25) is 0 Å². The summed E-state index contributed by atoms with van der Waals surface area (Å²) in [5.41, 5.74) is -0.674. The number of carboxylic acids is 1. The van der Waals surface area contributed by atoms with Gasteiger partial charge in [0.15, 0.2) is 5.69 Å². The Morgan fingerprint density at radius 2 is 2.21 bits per heavy atom. The zero-order valence-corrected chi connectivity index (χ0v) is 10.8. The molecule has 1 unspecified atom stereocenters. The van der Waals surface area contributed by atoms with E-state index in [1.807, 2.05) is 4.90 Å². The third kappa shape index (κ3) is 2.49. The number of rotatable bonds is 3. The lowest BCUT2D eigenvalue weighted by molar-refractivity contribution is -0.146. The molecule has 1 aliphatic heterocycles.